The Labute approximate surface area is 153 Å². The van der Waals surface area contributed by atoms with Gasteiger partial charge in [-0.1, -0.05) is 0 Å². The minimum atomic E-state index is -3.52. The van der Waals surface area contributed by atoms with E-state index < -0.39 is 53.8 Å². The number of carbonyl (C=O) groups is 1. The topological polar surface area (TPSA) is 48.0 Å². The fraction of sp³-hybridized carbons (Fsp3) is 0.824. The molecule has 0 spiro atoms. The summed E-state index contributed by atoms with van der Waals surface area (Å²) < 4.78 is 60.0. The van der Waals surface area contributed by atoms with Crippen molar-refractivity contribution in [1.82, 2.24) is 4.90 Å². The zero-order valence-electron chi connectivity index (χ0n) is 16.4. The van der Waals surface area contributed by atoms with Gasteiger partial charge < -0.3 is 18.9 Å². The number of piperidine rings is 1. The van der Waals surface area contributed by atoms with E-state index in [2.05, 4.69) is 0 Å². The Bertz CT molecular complexity index is 598. The number of ether oxygens (including phenoxy) is 1. The lowest BCUT2D eigenvalue weighted by Gasteiger charge is -2.35. The number of hydrogen-bond donors (Lipinski definition) is 0. The number of alkyl halides is 2. The van der Waals surface area contributed by atoms with Gasteiger partial charge in [0.2, 0.25) is 0 Å². The van der Waals surface area contributed by atoms with Gasteiger partial charge in [-0.2, -0.15) is 8.78 Å². The molecule has 0 aromatic rings. The molecule has 0 atom stereocenters. The van der Waals surface area contributed by atoms with E-state index in [0.717, 1.165) is 4.90 Å². The van der Waals surface area contributed by atoms with Crippen molar-refractivity contribution in [3.8, 4) is 0 Å². The molecule has 2 aliphatic heterocycles. The molecular weight excluding hydrogens is 350 g/mol. The smallest absolute Gasteiger partial charge is 0.444 e. The Kier molecular flexibility index (Phi) is 5.22. The van der Waals surface area contributed by atoms with E-state index in [4.69, 9.17) is 14.0 Å². The van der Waals surface area contributed by atoms with Gasteiger partial charge in [0, 0.05) is 12.1 Å². The second kappa shape index (κ2) is 6.44. The van der Waals surface area contributed by atoms with Crippen LogP contribution in [0.1, 0.15) is 54.9 Å². The number of hydrogen-bond acceptors (Lipinski definition) is 4. The van der Waals surface area contributed by atoms with Crippen LogP contribution in [0.25, 0.3) is 0 Å². The SMILES string of the molecule is CC(C)(C)OC(=O)N1CCC(=C(F)B2OC(C)(C)C(C)(C)O2)C(F)(F)C1. The van der Waals surface area contributed by atoms with E-state index in [0.29, 0.717) is 0 Å². The maximum Gasteiger partial charge on any atom is 0.525 e. The van der Waals surface area contributed by atoms with Gasteiger partial charge in [0.25, 0.3) is 5.92 Å². The van der Waals surface area contributed by atoms with Crippen LogP contribution in [0.2, 0.25) is 0 Å². The second-order valence-corrected chi connectivity index (χ2v) is 8.77. The number of halogens is 3. The molecule has 0 aliphatic carbocycles. The zero-order chi connectivity index (χ0) is 20.1. The highest BCUT2D eigenvalue weighted by atomic mass is 19.3. The van der Waals surface area contributed by atoms with Gasteiger partial charge in [-0.25, -0.2) is 9.18 Å². The number of carbonyl (C=O) groups excluding carboxylic acids is 1. The molecule has 0 radical (unpaired) electrons. The second-order valence-electron chi connectivity index (χ2n) is 8.77. The Morgan fingerprint density at radius 1 is 1.15 bits per heavy atom. The van der Waals surface area contributed by atoms with Crippen LogP contribution in [-0.2, 0) is 14.0 Å². The molecule has 2 heterocycles. The van der Waals surface area contributed by atoms with Crippen LogP contribution in [0, 0.1) is 0 Å². The first kappa shape index (κ1) is 21.1. The summed E-state index contributed by atoms with van der Waals surface area (Å²) in [6, 6.07) is 0. The highest BCUT2D eigenvalue weighted by Crippen LogP contribution is 2.42. The van der Waals surface area contributed by atoms with Crippen LogP contribution in [0.3, 0.4) is 0 Å². The predicted molar refractivity (Wildman–Crippen MR) is 91.6 cm³/mol. The summed E-state index contributed by atoms with van der Waals surface area (Å²) >= 11 is 0. The maximum absolute atomic E-state index is 14.8. The van der Waals surface area contributed by atoms with E-state index in [1.807, 2.05) is 0 Å². The standard InChI is InChI=1S/C17H27BF3NO4/c1-14(2,3)24-13(23)22-9-8-11(17(20,21)10-22)12(19)18-25-15(4,5)16(6,7)26-18/h8-10H2,1-7H3. The molecule has 26 heavy (non-hydrogen) atoms. The molecule has 2 aliphatic rings. The largest absolute Gasteiger partial charge is 0.525 e. The molecule has 0 aromatic carbocycles. The van der Waals surface area contributed by atoms with Crippen LogP contribution >= 0.6 is 0 Å². The zero-order valence-corrected chi connectivity index (χ0v) is 16.4. The lowest BCUT2D eigenvalue weighted by molar-refractivity contribution is -0.0361. The van der Waals surface area contributed by atoms with Gasteiger partial charge in [0.1, 0.15) is 11.3 Å². The van der Waals surface area contributed by atoms with Gasteiger partial charge in [-0.3, -0.25) is 0 Å². The van der Waals surface area contributed by atoms with Crippen molar-refractivity contribution in [2.75, 3.05) is 13.1 Å². The molecule has 0 aromatic heterocycles. The van der Waals surface area contributed by atoms with Crippen LogP contribution in [-0.4, -0.2) is 53.9 Å². The molecule has 9 heteroatoms. The van der Waals surface area contributed by atoms with Crippen LogP contribution in [0.4, 0.5) is 18.0 Å². The molecule has 5 nitrogen and oxygen atoms in total. The molecular formula is C17H27BF3NO4. The molecule has 2 fully saturated rings. The molecule has 0 N–H and O–H groups in total. The average Bonchev–Trinajstić information content (AvgIpc) is 2.63. The quantitative estimate of drug-likeness (QED) is 0.645. The summed E-state index contributed by atoms with van der Waals surface area (Å²) in [4.78, 5) is 12.9. The minimum absolute atomic E-state index is 0.0627. The van der Waals surface area contributed by atoms with E-state index in [1.54, 1.807) is 48.5 Å². The molecule has 0 bridgehead atoms. The molecule has 0 unspecified atom stereocenters. The lowest BCUT2D eigenvalue weighted by atomic mass is 9.81. The Hall–Kier alpha value is -1.22. The van der Waals surface area contributed by atoms with Gasteiger partial charge in [0.15, 0.2) is 0 Å². The van der Waals surface area contributed by atoms with Crippen molar-refractivity contribution in [2.45, 2.75) is 77.6 Å². The van der Waals surface area contributed by atoms with Crippen molar-refractivity contribution in [3.63, 3.8) is 0 Å². The van der Waals surface area contributed by atoms with Gasteiger partial charge in [-0.15, -0.1) is 0 Å². The first-order valence-electron chi connectivity index (χ1n) is 8.66. The van der Waals surface area contributed by atoms with Crippen molar-refractivity contribution >= 4 is 13.2 Å². The van der Waals surface area contributed by atoms with Crippen molar-refractivity contribution in [1.29, 1.82) is 0 Å². The van der Waals surface area contributed by atoms with E-state index in [9.17, 15) is 18.0 Å². The highest BCUT2D eigenvalue weighted by Gasteiger charge is 2.56. The molecule has 148 valence electrons. The highest BCUT2D eigenvalue weighted by molar-refractivity contribution is 6.53. The third kappa shape index (κ3) is 4.19. The summed E-state index contributed by atoms with van der Waals surface area (Å²) in [5, 5.41) is 0. The third-order valence-electron chi connectivity index (χ3n) is 4.86. The Balaban J connectivity index is 2.18. The normalized spacial score (nSPS) is 26.7. The molecule has 2 rings (SSSR count). The summed E-state index contributed by atoms with van der Waals surface area (Å²) in [6.45, 7) is 10.8. The molecule has 0 saturated carbocycles. The fourth-order valence-electron chi connectivity index (χ4n) is 2.71. The van der Waals surface area contributed by atoms with E-state index >= 15 is 0 Å². The third-order valence-corrected chi connectivity index (χ3v) is 4.86. The monoisotopic (exact) mass is 377 g/mol. The van der Waals surface area contributed by atoms with Gasteiger partial charge >= 0.3 is 13.2 Å². The molecule has 2 saturated heterocycles. The van der Waals surface area contributed by atoms with E-state index in [1.165, 1.54) is 0 Å². The van der Waals surface area contributed by atoms with Crippen molar-refractivity contribution in [3.05, 3.63) is 11.3 Å². The molecule has 1 amide bonds. The van der Waals surface area contributed by atoms with Gasteiger partial charge in [0.05, 0.1) is 17.7 Å². The summed E-state index contributed by atoms with van der Waals surface area (Å²) in [7, 11) is -1.48. The number of rotatable bonds is 1. The summed E-state index contributed by atoms with van der Waals surface area (Å²) in [5.74, 6) is -3.52. The predicted octanol–water partition coefficient (Wildman–Crippen LogP) is 4.12. The lowest BCUT2D eigenvalue weighted by Crippen LogP contribution is -2.49. The van der Waals surface area contributed by atoms with Crippen molar-refractivity contribution < 1.29 is 32.0 Å². The Morgan fingerprint density at radius 2 is 1.65 bits per heavy atom. The van der Waals surface area contributed by atoms with Crippen LogP contribution in [0.5, 0.6) is 0 Å². The van der Waals surface area contributed by atoms with E-state index in [-0.39, 0.29) is 13.0 Å². The number of nitrogens with zero attached hydrogens (tertiary/aromatic N) is 1. The number of likely N-dealkylation sites (tertiary alicyclic amines) is 1. The summed E-state index contributed by atoms with van der Waals surface area (Å²) in [5.41, 5.74) is -4.26. The first-order chi connectivity index (χ1) is 11.6. The fourth-order valence-corrected chi connectivity index (χ4v) is 2.71. The first-order valence-corrected chi connectivity index (χ1v) is 8.66. The maximum atomic E-state index is 14.8. The number of amides is 1. The van der Waals surface area contributed by atoms with Crippen LogP contribution < -0.4 is 0 Å². The van der Waals surface area contributed by atoms with Crippen molar-refractivity contribution in [2.24, 2.45) is 0 Å². The van der Waals surface area contributed by atoms with Gasteiger partial charge in [-0.05, 0) is 54.9 Å². The Morgan fingerprint density at radius 3 is 2.08 bits per heavy atom. The minimum Gasteiger partial charge on any atom is -0.444 e. The van der Waals surface area contributed by atoms with Crippen LogP contribution in [0.15, 0.2) is 11.3 Å². The summed E-state index contributed by atoms with van der Waals surface area (Å²) in [6.07, 6.45) is -1.16. The average molecular weight is 377 g/mol.